The molecule has 1 heterocycles. The maximum Gasteiger partial charge on any atom is 0.189 e. The first-order valence-corrected chi connectivity index (χ1v) is 3.52. The number of aliphatic hydroxyl groups is 4. The molecule has 72 valence electrons. The molecular formula is C6H11FO5. The van der Waals surface area contributed by atoms with Crippen LogP contribution in [0.4, 0.5) is 4.39 Å². The van der Waals surface area contributed by atoms with Gasteiger partial charge in [0.15, 0.2) is 12.5 Å². The Morgan fingerprint density at radius 1 is 1.17 bits per heavy atom. The van der Waals surface area contributed by atoms with E-state index in [1.165, 1.54) is 0 Å². The highest BCUT2D eigenvalue weighted by Gasteiger charge is 2.43. The summed E-state index contributed by atoms with van der Waals surface area (Å²) >= 11 is 0. The SMILES string of the molecule is OCC1O[C@@H](O)[C@@H]([18F])C(O)[C@@H]1O. The Bertz CT molecular complexity index is 150. The van der Waals surface area contributed by atoms with Gasteiger partial charge >= 0.3 is 0 Å². The summed E-state index contributed by atoms with van der Waals surface area (Å²) in [5.41, 5.74) is 0. The fourth-order valence-corrected chi connectivity index (χ4v) is 1.06. The van der Waals surface area contributed by atoms with Crippen LogP contribution in [-0.2, 0) is 4.74 Å². The first kappa shape index (κ1) is 9.82. The number of alkyl halides is 1. The summed E-state index contributed by atoms with van der Waals surface area (Å²) in [6, 6.07) is 0. The second-order valence-corrected chi connectivity index (χ2v) is 2.67. The van der Waals surface area contributed by atoms with Crippen LogP contribution in [0.3, 0.4) is 0 Å². The molecule has 0 amide bonds. The van der Waals surface area contributed by atoms with E-state index >= 15 is 0 Å². The fourth-order valence-electron chi connectivity index (χ4n) is 1.06. The summed E-state index contributed by atoms with van der Waals surface area (Å²) < 4.78 is 17.1. The van der Waals surface area contributed by atoms with Gasteiger partial charge in [0, 0.05) is 0 Å². The molecular weight excluding hydrogens is 170 g/mol. The number of hydrogen-bond acceptors (Lipinski definition) is 5. The Morgan fingerprint density at radius 2 is 1.75 bits per heavy atom. The van der Waals surface area contributed by atoms with Gasteiger partial charge in [0.05, 0.1) is 6.61 Å². The largest absolute Gasteiger partial charge is 0.394 e. The van der Waals surface area contributed by atoms with Crippen LogP contribution in [0.5, 0.6) is 0 Å². The summed E-state index contributed by atoms with van der Waals surface area (Å²) in [7, 11) is 0. The molecule has 5 atom stereocenters. The monoisotopic (exact) mass is 181 g/mol. The van der Waals surface area contributed by atoms with Crippen LogP contribution >= 0.6 is 0 Å². The number of aliphatic hydroxyl groups excluding tert-OH is 4. The van der Waals surface area contributed by atoms with Crippen LogP contribution in [0.25, 0.3) is 0 Å². The highest BCUT2D eigenvalue weighted by Crippen LogP contribution is 2.21. The summed E-state index contributed by atoms with van der Waals surface area (Å²) in [5.74, 6) is 0. The smallest absolute Gasteiger partial charge is 0.189 e. The van der Waals surface area contributed by atoms with E-state index in [9.17, 15) is 4.39 Å². The maximum absolute atomic E-state index is 12.7. The molecule has 0 aromatic rings. The van der Waals surface area contributed by atoms with Crippen molar-refractivity contribution in [1.82, 2.24) is 0 Å². The number of hydrogen-bond donors (Lipinski definition) is 4. The van der Waals surface area contributed by atoms with Gasteiger partial charge in [0.2, 0.25) is 0 Å². The number of rotatable bonds is 1. The molecule has 6 heteroatoms. The van der Waals surface area contributed by atoms with E-state index in [0.717, 1.165) is 0 Å². The average Bonchev–Trinajstić information content (AvgIpc) is 2.08. The van der Waals surface area contributed by atoms with E-state index < -0.39 is 37.4 Å². The minimum absolute atomic E-state index is 0.581. The van der Waals surface area contributed by atoms with Crippen LogP contribution in [0, 0.1) is 0 Å². The Labute approximate surface area is 68.0 Å². The second kappa shape index (κ2) is 3.63. The molecule has 1 saturated heterocycles. The van der Waals surface area contributed by atoms with Crippen LogP contribution in [0.15, 0.2) is 0 Å². The molecule has 1 rings (SSSR count). The summed E-state index contributed by atoms with van der Waals surface area (Å²) in [6.07, 6.45) is -8.19. The highest BCUT2D eigenvalue weighted by atomic mass is 18.2. The van der Waals surface area contributed by atoms with E-state index in [-0.39, 0.29) is 0 Å². The molecule has 0 aromatic heterocycles. The molecule has 0 aliphatic carbocycles. The molecule has 0 bridgehead atoms. The van der Waals surface area contributed by atoms with Crippen molar-refractivity contribution < 1.29 is 29.6 Å². The van der Waals surface area contributed by atoms with Crippen LogP contribution in [0.2, 0.25) is 0 Å². The molecule has 12 heavy (non-hydrogen) atoms. The zero-order valence-corrected chi connectivity index (χ0v) is 6.17. The second-order valence-electron chi connectivity index (χ2n) is 2.67. The first-order valence-electron chi connectivity index (χ1n) is 3.52. The Balaban J connectivity index is 2.63. The molecule has 1 fully saturated rings. The molecule has 1 aliphatic rings. The van der Waals surface area contributed by atoms with Crippen molar-refractivity contribution in [3.8, 4) is 0 Å². The van der Waals surface area contributed by atoms with Gasteiger partial charge in [-0.2, -0.15) is 0 Å². The van der Waals surface area contributed by atoms with E-state index in [1.807, 2.05) is 0 Å². The van der Waals surface area contributed by atoms with Crippen molar-refractivity contribution >= 4 is 0 Å². The minimum atomic E-state index is -2.04. The zero-order valence-electron chi connectivity index (χ0n) is 6.17. The molecule has 0 aromatic carbocycles. The van der Waals surface area contributed by atoms with E-state index in [1.54, 1.807) is 0 Å². The minimum Gasteiger partial charge on any atom is -0.394 e. The van der Waals surface area contributed by atoms with Gasteiger partial charge in [-0.15, -0.1) is 0 Å². The van der Waals surface area contributed by atoms with Crippen LogP contribution < -0.4 is 0 Å². The van der Waals surface area contributed by atoms with Gasteiger partial charge in [0.25, 0.3) is 0 Å². The lowest BCUT2D eigenvalue weighted by atomic mass is 10.0. The lowest BCUT2D eigenvalue weighted by molar-refractivity contribution is -0.271. The summed E-state index contributed by atoms with van der Waals surface area (Å²) in [4.78, 5) is 0. The number of halogens is 1. The first-order chi connectivity index (χ1) is 5.57. The standard InChI is InChI=1S/C6H11FO5/c7-3-5(10)4(9)2(1-8)12-6(3)11/h2-6,8-11H,1H2/t2?,3-,4+,5?,6+/m0/s1/i7-1. The average molecular weight is 181 g/mol. The molecule has 1 aliphatic heterocycles. The van der Waals surface area contributed by atoms with Crippen molar-refractivity contribution in [2.75, 3.05) is 6.61 Å². The van der Waals surface area contributed by atoms with E-state index in [4.69, 9.17) is 20.4 Å². The van der Waals surface area contributed by atoms with Gasteiger partial charge in [-0.25, -0.2) is 4.39 Å². The molecule has 2 unspecified atom stereocenters. The van der Waals surface area contributed by atoms with Gasteiger partial charge in [0.1, 0.15) is 18.3 Å². The quantitative estimate of drug-likeness (QED) is 0.367. The van der Waals surface area contributed by atoms with Gasteiger partial charge in [-0.05, 0) is 0 Å². The topological polar surface area (TPSA) is 90.2 Å². The predicted octanol–water partition coefficient (Wildman–Crippen LogP) is -2.24. The number of ether oxygens (including phenoxy) is 1. The van der Waals surface area contributed by atoms with Crippen molar-refractivity contribution in [2.24, 2.45) is 0 Å². The Hall–Kier alpha value is -0.270. The van der Waals surface area contributed by atoms with Crippen molar-refractivity contribution in [3.05, 3.63) is 0 Å². The van der Waals surface area contributed by atoms with E-state index in [0.29, 0.717) is 0 Å². The molecule has 4 N–H and O–H groups in total. The van der Waals surface area contributed by atoms with Gasteiger partial charge in [-0.3, -0.25) is 0 Å². The third-order valence-corrected chi connectivity index (χ3v) is 1.82. The predicted molar refractivity (Wildman–Crippen MR) is 34.9 cm³/mol. The van der Waals surface area contributed by atoms with Crippen LogP contribution in [-0.4, -0.2) is 57.8 Å². The molecule has 0 saturated carbocycles. The summed E-state index contributed by atoms with van der Waals surface area (Å²) in [6.45, 7) is -0.581. The fraction of sp³-hybridized carbons (Fsp3) is 1.00. The highest BCUT2D eigenvalue weighted by molar-refractivity contribution is 4.88. The normalized spacial score (nSPS) is 49.2. The molecule has 0 radical (unpaired) electrons. The Kier molecular flexibility index (Phi) is 2.97. The van der Waals surface area contributed by atoms with Crippen molar-refractivity contribution in [1.29, 1.82) is 0 Å². The summed E-state index contributed by atoms with van der Waals surface area (Å²) in [5, 5.41) is 35.3. The van der Waals surface area contributed by atoms with Gasteiger partial charge in [-0.1, -0.05) is 0 Å². The lowest BCUT2D eigenvalue weighted by Gasteiger charge is -2.36. The Morgan fingerprint density at radius 3 is 2.25 bits per heavy atom. The molecule has 5 nitrogen and oxygen atoms in total. The molecule has 0 spiro atoms. The maximum atomic E-state index is 12.7. The van der Waals surface area contributed by atoms with Crippen molar-refractivity contribution in [3.63, 3.8) is 0 Å². The zero-order chi connectivity index (χ0) is 9.30. The van der Waals surface area contributed by atoms with Gasteiger partial charge < -0.3 is 25.2 Å². The third kappa shape index (κ3) is 1.57. The van der Waals surface area contributed by atoms with Crippen LogP contribution in [0.1, 0.15) is 0 Å². The van der Waals surface area contributed by atoms with E-state index in [2.05, 4.69) is 4.74 Å². The van der Waals surface area contributed by atoms with Crippen molar-refractivity contribution in [2.45, 2.75) is 30.8 Å². The lowest BCUT2D eigenvalue weighted by Crippen LogP contribution is -2.56. The third-order valence-electron chi connectivity index (χ3n) is 1.82.